The molecular formula is C20H20N4O2S2. The minimum absolute atomic E-state index is 0.0339. The number of para-hydroxylation sites is 1. The zero-order chi connectivity index (χ0) is 19.3. The molecule has 0 bridgehead atoms. The van der Waals surface area contributed by atoms with E-state index in [0.717, 1.165) is 20.8 Å². The first-order chi connectivity index (χ1) is 13.7. The summed E-state index contributed by atoms with van der Waals surface area (Å²) in [5.74, 6) is 0.784. The molecule has 0 radical (unpaired) electrons. The number of anilines is 1. The Kier molecular flexibility index (Phi) is 5.68. The summed E-state index contributed by atoms with van der Waals surface area (Å²) in [7, 11) is 0. The summed E-state index contributed by atoms with van der Waals surface area (Å²) in [6.07, 6.45) is 4.00. The fourth-order valence-electron chi connectivity index (χ4n) is 2.92. The van der Waals surface area contributed by atoms with Crippen LogP contribution in [0.1, 0.15) is 11.8 Å². The zero-order valence-electron chi connectivity index (χ0n) is 15.4. The number of hydrogen-bond donors (Lipinski definition) is 0. The Morgan fingerprint density at radius 2 is 2.18 bits per heavy atom. The maximum absolute atomic E-state index is 13.1. The minimum atomic E-state index is 0.0339. The number of thiazole rings is 1. The second-order valence-corrected chi connectivity index (χ2v) is 8.14. The normalized spacial score (nSPS) is 11.0. The van der Waals surface area contributed by atoms with Gasteiger partial charge in [-0.05, 0) is 36.6 Å². The van der Waals surface area contributed by atoms with E-state index in [9.17, 15) is 4.79 Å². The quantitative estimate of drug-likeness (QED) is 0.435. The van der Waals surface area contributed by atoms with Gasteiger partial charge >= 0.3 is 0 Å². The van der Waals surface area contributed by atoms with Crippen molar-refractivity contribution < 1.29 is 9.53 Å². The van der Waals surface area contributed by atoms with Crippen molar-refractivity contribution in [1.29, 1.82) is 0 Å². The first-order valence-electron chi connectivity index (χ1n) is 9.07. The fraction of sp³-hybridized carbons (Fsp3) is 0.250. The van der Waals surface area contributed by atoms with Crippen molar-refractivity contribution in [3.63, 3.8) is 0 Å². The molecule has 28 heavy (non-hydrogen) atoms. The molecule has 0 fully saturated rings. The Morgan fingerprint density at radius 1 is 1.25 bits per heavy atom. The van der Waals surface area contributed by atoms with Gasteiger partial charge in [0.2, 0.25) is 5.91 Å². The smallest absolute Gasteiger partial charge is 0.234 e. The first kappa shape index (κ1) is 18.6. The van der Waals surface area contributed by atoms with Crippen LogP contribution in [-0.4, -0.2) is 33.8 Å². The number of carbonyl (C=O) groups excluding carboxylic acids is 1. The van der Waals surface area contributed by atoms with Crippen LogP contribution in [0.3, 0.4) is 0 Å². The number of rotatable bonds is 8. The lowest BCUT2D eigenvalue weighted by Gasteiger charge is -2.19. The largest absolute Gasteiger partial charge is 0.492 e. The van der Waals surface area contributed by atoms with Gasteiger partial charge in [-0.1, -0.05) is 23.5 Å². The number of amides is 1. The number of carbonyl (C=O) groups is 1. The summed E-state index contributed by atoms with van der Waals surface area (Å²) in [6, 6.07) is 11.7. The highest BCUT2D eigenvalue weighted by Crippen LogP contribution is 2.34. The molecule has 0 aliphatic carbocycles. The van der Waals surface area contributed by atoms with Crippen LogP contribution < -0.4 is 9.64 Å². The third-order valence-electron chi connectivity index (χ3n) is 4.22. The SMILES string of the molecule is CCOc1cccc2sc(N(CCn3cccn3)C(=O)Cc3cccs3)nc12. The molecule has 144 valence electrons. The summed E-state index contributed by atoms with van der Waals surface area (Å²) in [5.41, 5.74) is 0.803. The standard InChI is InChI=1S/C20H20N4O2S2/c1-2-26-16-7-3-8-17-19(16)22-20(28-17)24(12-11-23-10-5-9-21-23)18(25)14-15-6-4-13-27-15/h3-10,13H,2,11-12,14H2,1H3. The van der Waals surface area contributed by atoms with E-state index in [-0.39, 0.29) is 5.91 Å². The molecule has 0 atom stereocenters. The Labute approximate surface area is 171 Å². The number of ether oxygens (including phenoxy) is 1. The van der Waals surface area contributed by atoms with E-state index in [1.165, 1.54) is 11.3 Å². The molecule has 0 saturated heterocycles. The van der Waals surface area contributed by atoms with Gasteiger partial charge in [0.05, 0.1) is 24.3 Å². The average Bonchev–Trinajstić information content (AvgIpc) is 3.44. The molecule has 0 spiro atoms. The lowest BCUT2D eigenvalue weighted by molar-refractivity contribution is -0.118. The Morgan fingerprint density at radius 3 is 2.93 bits per heavy atom. The van der Waals surface area contributed by atoms with Gasteiger partial charge < -0.3 is 4.74 Å². The molecular weight excluding hydrogens is 392 g/mol. The summed E-state index contributed by atoms with van der Waals surface area (Å²) < 4.78 is 8.54. The number of hydrogen-bond acceptors (Lipinski definition) is 6. The second kappa shape index (κ2) is 8.53. The van der Waals surface area contributed by atoms with Crippen LogP contribution in [0.5, 0.6) is 5.75 Å². The molecule has 4 rings (SSSR count). The Bertz CT molecular complexity index is 1040. The van der Waals surface area contributed by atoms with Gasteiger partial charge in [-0.15, -0.1) is 11.3 Å². The van der Waals surface area contributed by atoms with E-state index in [4.69, 9.17) is 9.72 Å². The van der Waals surface area contributed by atoms with Gasteiger partial charge in [0.15, 0.2) is 5.13 Å². The number of thiophene rings is 1. The minimum Gasteiger partial charge on any atom is -0.492 e. The van der Waals surface area contributed by atoms with Crippen molar-refractivity contribution in [3.8, 4) is 5.75 Å². The van der Waals surface area contributed by atoms with Crippen LogP contribution in [0, 0.1) is 0 Å². The fourth-order valence-corrected chi connectivity index (χ4v) is 4.64. The van der Waals surface area contributed by atoms with Gasteiger partial charge in [-0.2, -0.15) is 5.10 Å². The maximum Gasteiger partial charge on any atom is 0.234 e. The lowest BCUT2D eigenvalue weighted by Crippen LogP contribution is -2.35. The maximum atomic E-state index is 13.1. The molecule has 3 aromatic heterocycles. The molecule has 8 heteroatoms. The van der Waals surface area contributed by atoms with Crippen molar-refractivity contribution >= 4 is 43.9 Å². The number of nitrogens with zero attached hydrogens (tertiary/aromatic N) is 4. The van der Waals surface area contributed by atoms with E-state index in [0.29, 0.717) is 31.2 Å². The van der Waals surface area contributed by atoms with E-state index < -0.39 is 0 Å². The summed E-state index contributed by atoms with van der Waals surface area (Å²) >= 11 is 3.10. The second-order valence-electron chi connectivity index (χ2n) is 6.10. The Balaban J connectivity index is 1.64. The van der Waals surface area contributed by atoms with Gasteiger partial charge in [-0.25, -0.2) is 4.98 Å². The third kappa shape index (κ3) is 4.07. The highest BCUT2D eigenvalue weighted by molar-refractivity contribution is 7.22. The highest BCUT2D eigenvalue weighted by Gasteiger charge is 2.21. The average molecular weight is 413 g/mol. The van der Waals surface area contributed by atoms with Crippen molar-refractivity contribution in [3.05, 3.63) is 59.0 Å². The molecule has 1 amide bonds. The third-order valence-corrected chi connectivity index (χ3v) is 6.14. The Hall–Kier alpha value is -2.71. The molecule has 1 aromatic carbocycles. The van der Waals surface area contributed by atoms with E-state index in [2.05, 4.69) is 5.10 Å². The van der Waals surface area contributed by atoms with E-state index in [1.54, 1.807) is 22.4 Å². The monoisotopic (exact) mass is 412 g/mol. The van der Waals surface area contributed by atoms with Gasteiger partial charge in [0, 0.05) is 23.8 Å². The van der Waals surface area contributed by atoms with Gasteiger partial charge in [0.25, 0.3) is 0 Å². The van der Waals surface area contributed by atoms with E-state index in [1.807, 2.05) is 59.6 Å². The molecule has 0 aliphatic rings. The van der Waals surface area contributed by atoms with Crippen LogP contribution in [-0.2, 0) is 17.8 Å². The predicted molar refractivity (Wildman–Crippen MR) is 113 cm³/mol. The van der Waals surface area contributed by atoms with Crippen LogP contribution in [0.4, 0.5) is 5.13 Å². The highest BCUT2D eigenvalue weighted by atomic mass is 32.1. The molecule has 4 aromatic rings. The summed E-state index contributed by atoms with van der Waals surface area (Å²) in [4.78, 5) is 20.7. The van der Waals surface area contributed by atoms with Crippen LogP contribution in [0.25, 0.3) is 10.2 Å². The lowest BCUT2D eigenvalue weighted by atomic mass is 10.3. The van der Waals surface area contributed by atoms with Crippen molar-refractivity contribution in [1.82, 2.24) is 14.8 Å². The van der Waals surface area contributed by atoms with Crippen LogP contribution in [0.15, 0.2) is 54.2 Å². The number of aromatic nitrogens is 3. The van der Waals surface area contributed by atoms with Crippen LogP contribution in [0.2, 0.25) is 0 Å². The zero-order valence-corrected chi connectivity index (χ0v) is 17.1. The van der Waals surface area contributed by atoms with Gasteiger partial charge in [-0.3, -0.25) is 14.4 Å². The van der Waals surface area contributed by atoms with Crippen molar-refractivity contribution in [2.45, 2.75) is 19.9 Å². The van der Waals surface area contributed by atoms with Crippen molar-refractivity contribution in [2.24, 2.45) is 0 Å². The molecule has 3 heterocycles. The van der Waals surface area contributed by atoms with Gasteiger partial charge in [0.1, 0.15) is 11.3 Å². The molecule has 0 N–H and O–H groups in total. The topological polar surface area (TPSA) is 60.2 Å². The molecule has 0 unspecified atom stereocenters. The first-order valence-corrected chi connectivity index (χ1v) is 10.8. The van der Waals surface area contributed by atoms with E-state index >= 15 is 0 Å². The van der Waals surface area contributed by atoms with Crippen LogP contribution >= 0.6 is 22.7 Å². The van der Waals surface area contributed by atoms with Crippen molar-refractivity contribution in [2.75, 3.05) is 18.1 Å². The number of benzene rings is 1. The summed E-state index contributed by atoms with van der Waals surface area (Å²) in [6.45, 7) is 3.65. The number of fused-ring (bicyclic) bond motifs is 1. The summed E-state index contributed by atoms with van der Waals surface area (Å²) in [5, 5.41) is 6.92. The molecule has 6 nitrogen and oxygen atoms in total. The molecule has 0 saturated carbocycles. The predicted octanol–water partition coefficient (Wildman–Crippen LogP) is 4.23. The molecule has 0 aliphatic heterocycles.